The van der Waals surface area contributed by atoms with E-state index in [2.05, 4.69) is 15.5 Å². The molecule has 1 aromatic carbocycles. The number of amides is 2. The number of ether oxygens (including phenoxy) is 1. The molecule has 7 heteroatoms. The largest absolute Gasteiger partial charge is 0.379 e. The van der Waals surface area contributed by atoms with E-state index in [4.69, 9.17) is 4.74 Å². The standard InChI is InChI=1S/C20H26N4O3/c1-15-5-7-16(8-6-15)22-20(26)19(25)21-14-18(17-4-3-9-23(17)2)24-10-12-27-13-11-24/h3-9,18H,10-14H2,1-2H3,(H,21,25)(H,22,26). The Bertz CT molecular complexity index is 779. The van der Waals surface area contributed by atoms with E-state index in [9.17, 15) is 9.59 Å². The molecule has 1 aromatic heterocycles. The molecule has 0 saturated carbocycles. The normalized spacial score (nSPS) is 15.9. The number of nitrogens with one attached hydrogen (secondary N) is 2. The van der Waals surface area contributed by atoms with Crippen LogP contribution in [0.5, 0.6) is 0 Å². The van der Waals surface area contributed by atoms with Gasteiger partial charge in [-0.15, -0.1) is 0 Å². The summed E-state index contributed by atoms with van der Waals surface area (Å²) >= 11 is 0. The molecule has 0 aliphatic carbocycles. The highest BCUT2D eigenvalue weighted by molar-refractivity contribution is 6.39. The number of benzene rings is 1. The smallest absolute Gasteiger partial charge is 0.313 e. The fourth-order valence-corrected chi connectivity index (χ4v) is 3.22. The van der Waals surface area contributed by atoms with E-state index in [0.717, 1.165) is 24.3 Å². The lowest BCUT2D eigenvalue weighted by atomic mass is 10.1. The van der Waals surface area contributed by atoms with Gasteiger partial charge in [0.15, 0.2) is 0 Å². The summed E-state index contributed by atoms with van der Waals surface area (Å²) < 4.78 is 7.48. The van der Waals surface area contributed by atoms with Crippen LogP contribution < -0.4 is 10.6 Å². The van der Waals surface area contributed by atoms with Gasteiger partial charge in [0.1, 0.15) is 0 Å². The Morgan fingerprint density at radius 2 is 1.81 bits per heavy atom. The Hall–Kier alpha value is -2.64. The fourth-order valence-electron chi connectivity index (χ4n) is 3.22. The van der Waals surface area contributed by atoms with Crippen molar-refractivity contribution in [1.29, 1.82) is 0 Å². The van der Waals surface area contributed by atoms with E-state index in [-0.39, 0.29) is 6.04 Å². The van der Waals surface area contributed by atoms with Gasteiger partial charge in [0.25, 0.3) is 0 Å². The number of aromatic nitrogens is 1. The third-order valence-electron chi connectivity index (χ3n) is 4.78. The van der Waals surface area contributed by atoms with Crippen molar-refractivity contribution in [2.24, 2.45) is 7.05 Å². The summed E-state index contributed by atoms with van der Waals surface area (Å²) in [6.45, 7) is 5.25. The summed E-state index contributed by atoms with van der Waals surface area (Å²) in [6, 6.07) is 11.3. The number of nitrogens with zero attached hydrogens (tertiary/aromatic N) is 2. The maximum absolute atomic E-state index is 12.3. The second-order valence-corrected chi connectivity index (χ2v) is 6.74. The maximum Gasteiger partial charge on any atom is 0.313 e. The van der Waals surface area contributed by atoms with Gasteiger partial charge >= 0.3 is 11.8 Å². The monoisotopic (exact) mass is 370 g/mol. The molecule has 3 rings (SSSR count). The number of hydrogen-bond donors (Lipinski definition) is 2. The molecule has 0 spiro atoms. The number of aryl methyl sites for hydroxylation is 2. The Morgan fingerprint density at radius 3 is 2.44 bits per heavy atom. The van der Waals surface area contributed by atoms with Gasteiger partial charge in [-0.05, 0) is 31.2 Å². The van der Waals surface area contributed by atoms with Crippen molar-refractivity contribution < 1.29 is 14.3 Å². The molecule has 1 aliphatic heterocycles. The number of carbonyl (C=O) groups is 2. The first kappa shape index (κ1) is 19.1. The summed E-state index contributed by atoms with van der Waals surface area (Å²) in [7, 11) is 1.98. The molecule has 0 bridgehead atoms. The zero-order valence-corrected chi connectivity index (χ0v) is 15.8. The minimum absolute atomic E-state index is 0.00924. The molecule has 2 amide bonds. The van der Waals surface area contributed by atoms with E-state index in [1.165, 1.54) is 0 Å². The molecule has 144 valence electrons. The molecule has 1 aliphatic rings. The Morgan fingerprint density at radius 1 is 1.11 bits per heavy atom. The van der Waals surface area contributed by atoms with E-state index < -0.39 is 11.8 Å². The second-order valence-electron chi connectivity index (χ2n) is 6.74. The highest BCUT2D eigenvalue weighted by atomic mass is 16.5. The minimum Gasteiger partial charge on any atom is -0.379 e. The molecule has 0 radical (unpaired) electrons. The van der Waals surface area contributed by atoms with Gasteiger partial charge in [0, 0.05) is 44.3 Å². The summed E-state index contributed by atoms with van der Waals surface area (Å²) in [5.74, 6) is -1.30. The topological polar surface area (TPSA) is 75.6 Å². The van der Waals surface area contributed by atoms with Gasteiger partial charge in [-0.2, -0.15) is 0 Å². The van der Waals surface area contributed by atoms with Crippen LogP contribution in [0.1, 0.15) is 17.3 Å². The van der Waals surface area contributed by atoms with Crippen molar-refractivity contribution in [3.8, 4) is 0 Å². The maximum atomic E-state index is 12.3. The molecule has 1 atom stereocenters. The number of morpholine rings is 1. The lowest BCUT2D eigenvalue weighted by Gasteiger charge is -2.34. The van der Waals surface area contributed by atoms with Crippen LogP contribution in [0.2, 0.25) is 0 Å². The van der Waals surface area contributed by atoms with Gasteiger partial charge in [-0.3, -0.25) is 14.5 Å². The predicted octanol–water partition coefficient (Wildman–Crippen LogP) is 1.46. The van der Waals surface area contributed by atoms with Crippen LogP contribution in [0.4, 0.5) is 5.69 Å². The molecular weight excluding hydrogens is 344 g/mol. The van der Waals surface area contributed by atoms with Gasteiger partial charge in [0.05, 0.1) is 19.3 Å². The zero-order valence-electron chi connectivity index (χ0n) is 15.8. The molecule has 1 unspecified atom stereocenters. The molecule has 1 saturated heterocycles. The Kier molecular flexibility index (Phi) is 6.26. The first-order chi connectivity index (χ1) is 13.0. The minimum atomic E-state index is -0.661. The van der Waals surface area contributed by atoms with Crippen LogP contribution in [-0.2, 0) is 21.4 Å². The van der Waals surface area contributed by atoms with E-state index in [1.807, 2.05) is 49.0 Å². The average Bonchev–Trinajstić information content (AvgIpc) is 3.10. The summed E-state index contributed by atoms with van der Waals surface area (Å²) in [6.07, 6.45) is 1.98. The van der Waals surface area contributed by atoms with E-state index in [0.29, 0.717) is 25.4 Å². The van der Waals surface area contributed by atoms with Crippen LogP contribution in [-0.4, -0.2) is 54.1 Å². The molecule has 2 heterocycles. The quantitative estimate of drug-likeness (QED) is 0.782. The van der Waals surface area contributed by atoms with Gasteiger partial charge in [-0.25, -0.2) is 0 Å². The first-order valence-corrected chi connectivity index (χ1v) is 9.13. The van der Waals surface area contributed by atoms with Crippen LogP contribution in [0.3, 0.4) is 0 Å². The van der Waals surface area contributed by atoms with Crippen molar-refractivity contribution in [2.45, 2.75) is 13.0 Å². The van der Waals surface area contributed by atoms with Gasteiger partial charge < -0.3 is 19.9 Å². The molecule has 1 fully saturated rings. The molecule has 27 heavy (non-hydrogen) atoms. The lowest BCUT2D eigenvalue weighted by Crippen LogP contribution is -2.46. The first-order valence-electron chi connectivity index (χ1n) is 9.13. The zero-order chi connectivity index (χ0) is 19.2. The average molecular weight is 370 g/mol. The lowest BCUT2D eigenvalue weighted by molar-refractivity contribution is -0.136. The fraction of sp³-hybridized carbons (Fsp3) is 0.400. The second kappa shape index (κ2) is 8.83. The van der Waals surface area contributed by atoms with Crippen LogP contribution >= 0.6 is 0 Å². The molecular formula is C20H26N4O3. The van der Waals surface area contributed by atoms with Crippen molar-refractivity contribution in [2.75, 3.05) is 38.2 Å². The van der Waals surface area contributed by atoms with E-state index >= 15 is 0 Å². The van der Waals surface area contributed by atoms with Crippen LogP contribution in [0.25, 0.3) is 0 Å². The number of hydrogen-bond acceptors (Lipinski definition) is 4. The summed E-state index contributed by atoms with van der Waals surface area (Å²) in [4.78, 5) is 26.7. The number of rotatable bonds is 5. The van der Waals surface area contributed by atoms with Gasteiger partial charge in [-0.1, -0.05) is 17.7 Å². The molecule has 2 aromatic rings. The van der Waals surface area contributed by atoms with Crippen LogP contribution in [0, 0.1) is 6.92 Å². The SMILES string of the molecule is Cc1ccc(NC(=O)C(=O)NCC(c2cccn2C)N2CCOCC2)cc1. The summed E-state index contributed by atoms with van der Waals surface area (Å²) in [5.41, 5.74) is 2.79. The van der Waals surface area contributed by atoms with Crippen molar-refractivity contribution >= 4 is 17.5 Å². The third kappa shape index (κ3) is 4.96. The van der Waals surface area contributed by atoms with Crippen LogP contribution in [0.15, 0.2) is 42.6 Å². The van der Waals surface area contributed by atoms with E-state index in [1.54, 1.807) is 12.1 Å². The number of carbonyl (C=O) groups excluding carboxylic acids is 2. The molecule has 7 nitrogen and oxygen atoms in total. The van der Waals surface area contributed by atoms with Crippen molar-refractivity contribution in [1.82, 2.24) is 14.8 Å². The third-order valence-corrected chi connectivity index (χ3v) is 4.78. The molecule has 2 N–H and O–H groups in total. The van der Waals surface area contributed by atoms with Crippen molar-refractivity contribution in [3.05, 3.63) is 53.9 Å². The van der Waals surface area contributed by atoms with Gasteiger partial charge in [0.2, 0.25) is 0 Å². The Balaban J connectivity index is 1.62. The Labute approximate surface area is 159 Å². The summed E-state index contributed by atoms with van der Waals surface area (Å²) in [5, 5.41) is 5.41. The highest BCUT2D eigenvalue weighted by Gasteiger charge is 2.26. The number of anilines is 1. The predicted molar refractivity (Wildman–Crippen MR) is 103 cm³/mol. The highest BCUT2D eigenvalue weighted by Crippen LogP contribution is 2.21. The van der Waals surface area contributed by atoms with Crippen molar-refractivity contribution in [3.63, 3.8) is 0 Å².